The lowest BCUT2D eigenvalue weighted by molar-refractivity contribution is 0.225. The smallest absolute Gasteiger partial charge is 0.0565 e. The summed E-state index contributed by atoms with van der Waals surface area (Å²) in [5.41, 5.74) is 0.842. The number of hydrogen-bond acceptors (Lipinski definition) is 1. The van der Waals surface area contributed by atoms with Crippen LogP contribution in [0.1, 0.15) is 12.0 Å². The number of rotatable bonds is 2. The largest absolute Gasteiger partial charge is 0.395 e. The Morgan fingerprint density at radius 2 is 1.93 bits per heavy atom. The highest BCUT2D eigenvalue weighted by molar-refractivity contribution is 6.30. The molecule has 0 amide bonds. The molecule has 1 aromatic carbocycles. The molecule has 0 saturated carbocycles. The van der Waals surface area contributed by atoms with Crippen LogP contribution in [0, 0.1) is 0 Å². The van der Waals surface area contributed by atoms with Crippen molar-refractivity contribution < 1.29 is 5.11 Å². The van der Waals surface area contributed by atoms with E-state index < -0.39 is 0 Å². The van der Waals surface area contributed by atoms with Gasteiger partial charge in [0.15, 0.2) is 0 Å². The first-order valence-corrected chi connectivity index (χ1v) is 5.36. The van der Waals surface area contributed by atoms with Crippen molar-refractivity contribution in [2.45, 2.75) is 11.8 Å². The summed E-state index contributed by atoms with van der Waals surface area (Å²) in [4.78, 5) is 0. The molecule has 1 aliphatic rings. The highest BCUT2D eigenvalue weighted by atomic mass is 35.5. The number of aliphatic hydroxyl groups excluding tert-OH is 1. The lowest BCUT2D eigenvalue weighted by atomic mass is 9.76. The zero-order chi connectivity index (χ0) is 10.7. The van der Waals surface area contributed by atoms with Crippen LogP contribution in [0.3, 0.4) is 0 Å². The summed E-state index contributed by atoms with van der Waals surface area (Å²) < 4.78 is 0. The molecule has 2 rings (SSSR count). The van der Waals surface area contributed by atoms with Gasteiger partial charge < -0.3 is 5.11 Å². The Kier molecular flexibility index (Phi) is 2.94. The Morgan fingerprint density at radius 1 is 1.20 bits per heavy atom. The minimum atomic E-state index is -0.265. The first kappa shape index (κ1) is 10.5. The second-order valence-electron chi connectivity index (χ2n) is 3.81. The van der Waals surface area contributed by atoms with Gasteiger partial charge in [-0.15, -0.1) is 0 Å². The van der Waals surface area contributed by atoms with Crippen molar-refractivity contribution in [3.05, 3.63) is 59.2 Å². The Hall–Kier alpha value is -1.05. The lowest BCUT2D eigenvalue weighted by Crippen LogP contribution is -2.28. The zero-order valence-electron chi connectivity index (χ0n) is 8.36. The Morgan fingerprint density at radius 3 is 2.47 bits per heavy atom. The second-order valence-corrected chi connectivity index (χ2v) is 4.25. The molecular weight excluding hydrogens is 208 g/mol. The molecule has 1 aromatic rings. The molecule has 0 spiro atoms. The molecule has 0 fully saturated rings. The van der Waals surface area contributed by atoms with E-state index in [9.17, 15) is 5.11 Å². The Bertz CT molecular complexity index is 392. The van der Waals surface area contributed by atoms with E-state index in [0.29, 0.717) is 0 Å². The van der Waals surface area contributed by atoms with E-state index in [1.54, 1.807) is 0 Å². The molecule has 1 unspecified atom stereocenters. The van der Waals surface area contributed by atoms with Crippen LogP contribution in [0.5, 0.6) is 0 Å². The highest BCUT2D eigenvalue weighted by Crippen LogP contribution is 2.32. The van der Waals surface area contributed by atoms with Gasteiger partial charge >= 0.3 is 0 Å². The molecule has 0 radical (unpaired) electrons. The molecule has 15 heavy (non-hydrogen) atoms. The maximum atomic E-state index is 9.55. The highest BCUT2D eigenvalue weighted by Gasteiger charge is 2.28. The van der Waals surface area contributed by atoms with Gasteiger partial charge in [0.2, 0.25) is 0 Å². The number of allylic oxidation sites excluding steroid dienone is 3. The second kappa shape index (κ2) is 4.21. The van der Waals surface area contributed by atoms with Gasteiger partial charge in [0.05, 0.1) is 6.61 Å². The summed E-state index contributed by atoms with van der Waals surface area (Å²) in [7, 11) is 0. The fourth-order valence-corrected chi connectivity index (χ4v) is 2.00. The van der Waals surface area contributed by atoms with Gasteiger partial charge in [-0.1, -0.05) is 48.0 Å². The van der Waals surface area contributed by atoms with Crippen LogP contribution < -0.4 is 0 Å². The molecule has 0 bridgehead atoms. The standard InChI is InChI=1S/C13H13ClO/c14-12-6-4-11(5-7-12)13(10-15)8-2-1-3-9-13/h1-8,15H,9-10H2. The third-order valence-electron chi connectivity index (χ3n) is 2.85. The van der Waals surface area contributed by atoms with E-state index in [1.165, 1.54) is 0 Å². The molecule has 0 aromatic heterocycles. The molecule has 0 aliphatic heterocycles. The van der Waals surface area contributed by atoms with Gasteiger partial charge in [0, 0.05) is 10.4 Å². The summed E-state index contributed by atoms with van der Waals surface area (Å²) in [6.45, 7) is 0.121. The van der Waals surface area contributed by atoms with E-state index >= 15 is 0 Å². The van der Waals surface area contributed by atoms with Gasteiger partial charge in [-0.3, -0.25) is 0 Å². The van der Waals surface area contributed by atoms with Crippen LogP contribution in [0.15, 0.2) is 48.6 Å². The summed E-state index contributed by atoms with van der Waals surface area (Å²) in [6.07, 6.45) is 8.95. The van der Waals surface area contributed by atoms with Crippen molar-refractivity contribution in [2.75, 3.05) is 6.61 Å². The molecule has 1 atom stereocenters. The maximum Gasteiger partial charge on any atom is 0.0565 e. The van der Waals surface area contributed by atoms with Crippen molar-refractivity contribution in [2.24, 2.45) is 0 Å². The van der Waals surface area contributed by atoms with Crippen LogP contribution in [0.4, 0.5) is 0 Å². The zero-order valence-corrected chi connectivity index (χ0v) is 9.11. The summed E-state index contributed by atoms with van der Waals surface area (Å²) in [5, 5.41) is 10.3. The molecular formula is C13H13ClO. The van der Waals surface area contributed by atoms with E-state index in [0.717, 1.165) is 17.0 Å². The van der Waals surface area contributed by atoms with E-state index in [1.807, 2.05) is 36.4 Å². The molecule has 0 saturated heterocycles. The molecule has 1 N–H and O–H groups in total. The molecule has 78 valence electrons. The monoisotopic (exact) mass is 220 g/mol. The Labute approximate surface area is 94.7 Å². The first-order valence-electron chi connectivity index (χ1n) is 4.98. The fourth-order valence-electron chi connectivity index (χ4n) is 1.87. The maximum absolute atomic E-state index is 9.55. The number of halogens is 1. The van der Waals surface area contributed by atoms with Crippen LogP contribution in [-0.2, 0) is 5.41 Å². The van der Waals surface area contributed by atoms with Crippen LogP contribution in [0.2, 0.25) is 5.02 Å². The Balaban J connectivity index is 2.38. The topological polar surface area (TPSA) is 20.2 Å². The normalized spacial score (nSPS) is 24.4. The summed E-state index contributed by atoms with van der Waals surface area (Å²) >= 11 is 5.84. The molecule has 1 aliphatic carbocycles. The van der Waals surface area contributed by atoms with Crippen LogP contribution in [-0.4, -0.2) is 11.7 Å². The fraction of sp³-hybridized carbons (Fsp3) is 0.231. The van der Waals surface area contributed by atoms with Crippen molar-refractivity contribution in [3.8, 4) is 0 Å². The minimum Gasteiger partial charge on any atom is -0.395 e. The van der Waals surface area contributed by atoms with Crippen molar-refractivity contribution in [1.82, 2.24) is 0 Å². The minimum absolute atomic E-state index is 0.121. The van der Waals surface area contributed by atoms with Gasteiger partial charge in [0.1, 0.15) is 0 Å². The average molecular weight is 221 g/mol. The van der Waals surface area contributed by atoms with Crippen LogP contribution >= 0.6 is 11.6 Å². The van der Waals surface area contributed by atoms with Gasteiger partial charge in [0.25, 0.3) is 0 Å². The molecule has 2 heteroatoms. The number of hydrogen-bond donors (Lipinski definition) is 1. The van der Waals surface area contributed by atoms with E-state index in [4.69, 9.17) is 11.6 Å². The lowest BCUT2D eigenvalue weighted by Gasteiger charge is -2.29. The number of benzene rings is 1. The predicted octanol–water partition coefficient (Wildman–Crippen LogP) is 3.09. The van der Waals surface area contributed by atoms with E-state index in [-0.39, 0.29) is 12.0 Å². The predicted molar refractivity (Wildman–Crippen MR) is 63.1 cm³/mol. The summed E-state index contributed by atoms with van der Waals surface area (Å²) in [6, 6.07) is 7.67. The average Bonchev–Trinajstić information content (AvgIpc) is 2.31. The van der Waals surface area contributed by atoms with E-state index in [2.05, 4.69) is 12.2 Å². The molecule has 1 nitrogen and oxygen atoms in total. The van der Waals surface area contributed by atoms with Gasteiger partial charge in [-0.25, -0.2) is 0 Å². The van der Waals surface area contributed by atoms with Crippen molar-refractivity contribution >= 4 is 11.6 Å². The SMILES string of the molecule is OCC1(c2ccc(Cl)cc2)C=CC=CC1. The molecule has 0 heterocycles. The van der Waals surface area contributed by atoms with Gasteiger partial charge in [-0.05, 0) is 24.1 Å². The quantitative estimate of drug-likeness (QED) is 0.812. The van der Waals surface area contributed by atoms with Gasteiger partial charge in [-0.2, -0.15) is 0 Å². The summed E-state index contributed by atoms with van der Waals surface area (Å²) in [5.74, 6) is 0. The van der Waals surface area contributed by atoms with Crippen LogP contribution in [0.25, 0.3) is 0 Å². The number of aliphatic hydroxyl groups is 1. The van der Waals surface area contributed by atoms with Crippen molar-refractivity contribution in [3.63, 3.8) is 0 Å². The third-order valence-corrected chi connectivity index (χ3v) is 3.10. The third kappa shape index (κ3) is 1.99. The first-order chi connectivity index (χ1) is 7.27. The van der Waals surface area contributed by atoms with Crippen molar-refractivity contribution in [1.29, 1.82) is 0 Å².